The topological polar surface area (TPSA) is 101 Å². The van der Waals surface area contributed by atoms with Gasteiger partial charge in [-0.3, -0.25) is 19.7 Å². The standard InChI is InChI=1S/C19H21N3O4/c1-4-13(3)20-19(24)15-7-5-6-8-16(15)21-18(23)14-9-10-17(22(25)26)12(2)11-14/h5-11,13H,4H2,1-3H3,(H,20,24)(H,21,23). The predicted octanol–water partition coefficient (Wildman–Crippen LogP) is 3.68. The number of hydrogen-bond donors (Lipinski definition) is 2. The third-order valence-corrected chi connectivity index (χ3v) is 4.07. The lowest BCUT2D eigenvalue weighted by Crippen LogP contribution is -2.32. The Labute approximate surface area is 151 Å². The van der Waals surface area contributed by atoms with Crippen molar-refractivity contribution in [2.45, 2.75) is 33.2 Å². The molecular formula is C19H21N3O4. The van der Waals surface area contributed by atoms with Crippen LogP contribution in [0.2, 0.25) is 0 Å². The van der Waals surface area contributed by atoms with E-state index in [1.165, 1.54) is 18.2 Å². The van der Waals surface area contributed by atoms with Gasteiger partial charge < -0.3 is 10.6 Å². The Kier molecular flexibility index (Phi) is 6.06. The normalized spacial score (nSPS) is 11.5. The maximum absolute atomic E-state index is 12.5. The molecule has 0 fully saturated rings. The molecule has 7 nitrogen and oxygen atoms in total. The molecule has 2 amide bonds. The minimum Gasteiger partial charge on any atom is -0.350 e. The van der Waals surface area contributed by atoms with Crippen LogP contribution in [0.5, 0.6) is 0 Å². The first-order valence-electron chi connectivity index (χ1n) is 8.29. The van der Waals surface area contributed by atoms with Crippen molar-refractivity contribution in [1.29, 1.82) is 0 Å². The zero-order valence-corrected chi connectivity index (χ0v) is 14.9. The Morgan fingerprint density at radius 3 is 2.46 bits per heavy atom. The van der Waals surface area contributed by atoms with Crippen LogP contribution < -0.4 is 10.6 Å². The summed E-state index contributed by atoms with van der Waals surface area (Å²) in [6, 6.07) is 10.9. The average Bonchev–Trinajstić information content (AvgIpc) is 2.61. The van der Waals surface area contributed by atoms with Gasteiger partial charge in [-0.15, -0.1) is 0 Å². The summed E-state index contributed by atoms with van der Waals surface area (Å²) in [5.41, 5.74) is 1.37. The first-order chi connectivity index (χ1) is 12.3. The zero-order valence-electron chi connectivity index (χ0n) is 14.9. The second-order valence-electron chi connectivity index (χ2n) is 6.04. The molecule has 0 aliphatic heterocycles. The highest BCUT2D eigenvalue weighted by Gasteiger charge is 2.17. The number of aryl methyl sites for hydroxylation is 1. The molecule has 0 radical (unpaired) electrons. The van der Waals surface area contributed by atoms with E-state index in [4.69, 9.17) is 0 Å². The summed E-state index contributed by atoms with van der Waals surface area (Å²) < 4.78 is 0. The maximum atomic E-state index is 12.5. The fraction of sp³-hybridized carbons (Fsp3) is 0.263. The summed E-state index contributed by atoms with van der Waals surface area (Å²) in [5, 5.41) is 16.5. The largest absolute Gasteiger partial charge is 0.350 e. The van der Waals surface area contributed by atoms with E-state index in [2.05, 4.69) is 10.6 Å². The molecule has 0 saturated heterocycles. The number of carbonyl (C=O) groups is 2. The number of hydrogen-bond acceptors (Lipinski definition) is 4. The molecule has 2 N–H and O–H groups in total. The Bertz CT molecular complexity index is 848. The Morgan fingerprint density at radius 2 is 1.85 bits per heavy atom. The summed E-state index contributed by atoms with van der Waals surface area (Å²) in [5.74, 6) is -0.707. The molecule has 0 aromatic heterocycles. The molecular weight excluding hydrogens is 334 g/mol. The van der Waals surface area contributed by atoms with Crippen molar-refractivity contribution in [1.82, 2.24) is 5.32 Å². The van der Waals surface area contributed by atoms with E-state index in [-0.39, 0.29) is 23.2 Å². The second-order valence-corrected chi connectivity index (χ2v) is 6.04. The quantitative estimate of drug-likeness (QED) is 0.609. The number of carbonyl (C=O) groups excluding carboxylic acids is 2. The summed E-state index contributed by atoms with van der Waals surface area (Å²) in [7, 11) is 0. The van der Waals surface area contributed by atoms with Crippen LogP contribution in [0.1, 0.15) is 46.5 Å². The molecule has 0 saturated carbocycles. The van der Waals surface area contributed by atoms with E-state index in [0.29, 0.717) is 16.8 Å². The van der Waals surface area contributed by atoms with E-state index in [1.54, 1.807) is 31.2 Å². The first-order valence-corrected chi connectivity index (χ1v) is 8.29. The van der Waals surface area contributed by atoms with E-state index in [9.17, 15) is 19.7 Å². The van der Waals surface area contributed by atoms with Gasteiger partial charge in [-0.1, -0.05) is 19.1 Å². The SMILES string of the molecule is CCC(C)NC(=O)c1ccccc1NC(=O)c1ccc([N+](=O)[O-])c(C)c1. The van der Waals surface area contributed by atoms with E-state index >= 15 is 0 Å². The van der Waals surface area contributed by atoms with Crippen LogP contribution in [0.25, 0.3) is 0 Å². The average molecular weight is 355 g/mol. The van der Waals surface area contributed by atoms with Gasteiger partial charge in [-0.25, -0.2) is 0 Å². The smallest absolute Gasteiger partial charge is 0.272 e. The summed E-state index contributed by atoms with van der Waals surface area (Å²) >= 11 is 0. The van der Waals surface area contributed by atoms with E-state index < -0.39 is 10.8 Å². The van der Waals surface area contributed by atoms with Gasteiger partial charge in [0.2, 0.25) is 0 Å². The Balaban J connectivity index is 2.23. The maximum Gasteiger partial charge on any atom is 0.272 e. The van der Waals surface area contributed by atoms with Crippen molar-refractivity contribution in [3.8, 4) is 0 Å². The number of nitro groups is 1. The number of rotatable bonds is 6. The fourth-order valence-electron chi connectivity index (χ4n) is 2.39. The molecule has 136 valence electrons. The number of amides is 2. The van der Waals surface area contributed by atoms with Crippen LogP contribution >= 0.6 is 0 Å². The Morgan fingerprint density at radius 1 is 1.15 bits per heavy atom. The van der Waals surface area contributed by atoms with Crippen molar-refractivity contribution in [2.24, 2.45) is 0 Å². The molecule has 1 atom stereocenters. The van der Waals surface area contributed by atoms with Crippen LogP contribution in [0.15, 0.2) is 42.5 Å². The molecule has 7 heteroatoms. The molecule has 0 bridgehead atoms. The van der Waals surface area contributed by atoms with Crippen molar-refractivity contribution in [3.63, 3.8) is 0 Å². The molecule has 0 spiro atoms. The monoisotopic (exact) mass is 355 g/mol. The highest BCUT2D eigenvalue weighted by molar-refractivity contribution is 6.09. The lowest BCUT2D eigenvalue weighted by molar-refractivity contribution is -0.385. The number of anilines is 1. The molecule has 0 aliphatic carbocycles. The molecule has 1 unspecified atom stereocenters. The van der Waals surface area contributed by atoms with Crippen molar-refractivity contribution in [2.75, 3.05) is 5.32 Å². The van der Waals surface area contributed by atoms with Gasteiger partial charge >= 0.3 is 0 Å². The zero-order chi connectivity index (χ0) is 19.3. The molecule has 0 heterocycles. The molecule has 0 aliphatic rings. The molecule has 2 aromatic carbocycles. The van der Waals surface area contributed by atoms with Gasteiger partial charge in [-0.05, 0) is 44.5 Å². The van der Waals surface area contributed by atoms with Gasteiger partial charge in [0.1, 0.15) is 0 Å². The van der Waals surface area contributed by atoms with Crippen LogP contribution in [0.3, 0.4) is 0 Å². The van der Waals surface area contributed by atoms with Crippen molar-refractivity contribution >= 4 is 23.2 Å². The van der Waals surface area contributed by atoms with Crippen molar-refractivity contribution in [3.05, 3.63) is 69.3 Å². The van der Waals surface area contributed by atoms with Gasteiger partial charge in [-0.2, -0.15) is 0 Å². The lowest BCUT2D eigenvalue weighted by Gasteiger charge is -2.14. The minimum atomic E-state index is -0.494. The highest BCUT2D eigenvalue weighted by Crippen LogP contribution is 2.21. The molecule has 26 heavy (non-hydrogen) atoms. The first kappa shape index (κ1) is 19.1. The number of nitrogens with one attached hydrogen (secondary N) is 2. The van der Waals surface area contributed by atoms with Crippen LogP contribution in [-0.2, 0) is 0 Å². The van der Waals surface area contributed by atoms with Gasteiger partial charge in [0.05, 0.1) is 16.2 Å². The number of benzene rings is 2. The van der Waals surface area contributed by atoms with Crippen LogP contribution in [-0.4, -0.2) is 22.8 Å². The second kappa shape index (κ2) is 8.24. The number of nitrogens with zero attached hydrogens (tertiary/aromatic N) is 1. The predicted molar refractivity (Wildman–Crippen MR) is 99.4 cm³/mol. The summed E-state index contributed by atoms with van der Waals surface area (Å²) in [4.78, 5) is 35.3. The highest BCUT2D eigenvalue weighted by atomic mass is 16.6. The van der Waals surface area contributed by atoms with Gasteiger partial charge in [0.25, 0.3) is 17.5 Å². The summed E-state index contributed by atoms with van der Waals surface area (Å²) in [6.07, 6.45) is 0.794. The minimum absolute atomic E-state index is 0.0172. The van der Waals surface area contributed by atoms with E-state index in [0.717, 1.165) is 6.42 Å². The number of para-hydroxylation sites is 1. The van der Waals surface area contributed by atoms with Gasteiger partial charge in [0, 0.05) is 23.2 Å². The number of nitro benzene ring substituents is 1. The van der Waals surface area contributed by atoms with Crippen LogP contribution in [0.4, 0.5) is 11.4 Å². The molecule has 2 rings (SSSR count). The lowest BCUT2D eigenvalue weighted by atomic mass is 10.1. The Hall–Kier alpha value is -3.22. The van der Waals surface area contributed by atoms with E-state index in [1.807, 2.05) is 13.8 Å². The third-order valence-electron chi connectivity index (χ3n) is 4.07. The third kappa shape index (κ3) is 4.44. The van der Waals surface area contributed by atoms with Gasteiger partial charge in [0.15, 0.2) is 0 Å². The fourth-order valence-corrected chi connectivity index (χ4v) is 2.39. The summed E-state index contributed by atoms with van der Waals surface area (Å²) in [6.45, 7) is 5.44. The van der Waals surface area contributed by atoms with Crippen LogP contribution in [0, 0.1) is 17.0 Å². The molecule has 2 aromatic rings. The van der Waals surface area contributed by atoms with Crippen molar-refractivity contribution < 1.29 is 14.5 Å².